The van der Waals surface area contributed by atoms with Gasteiger partial charge in [-0.05, 0) is 60.7 Å². The number of anilines is 2. The summed E-state index contributed by atoms with van der Waals surface area (Å²) in [5.41, 5.74) is 0.453. The van der Waals surface area contributed by atoms with Crippen LogP contribution >= 0.6 is 0 Å². The molecule has 0 saturated carbocycles. The van der Waals surface area contributed by atoms with Crippen LogP contribution < -0.4 is 18.9 Å². The minimum Gasteiger partial charge on any atom is -0.490 e. The van der Waals surface area contributed by atoms with Gasteiger partial charge in [0.05, 0.1) is 23.0 Å². The van der Waals surface area contributed by atoms with Crippen LogP contribution in [0.1, 0.15) is 6.42 Å². The first-order chi connectivity index (χ1) is 15.2. The zero-order chi connectivity index (χ0) is 22.8. The van der Waals surface area contributed by atoms with Crippen molar-refractivity contribution in [3.8, 4) is 11.5 Å². The third-order valence-electron chi connectivity index (χ3n) is 4.54. The lowest BCUT2D eigenvalue weighted by Gasteiger charge is -2.12. The van der Waals surface area contributed by atoms with E-state index >= 15 is 0 Å². The summed E-state index contributed by atoms with van der Waals surface area (Å²) in [6.45, 7) is 0.924. The molecule has 0 atom stereocenters. The maximum Gasteiger partial charge on any atom is 0.262 e. The number of hydrogen-bond donors (Lipinski definition) is 2. The summed E-state index contributed by atoms with van der Waals surface area (Å²) in [4.78, 5) is -0.0964. The van der Waals surface area contributed by atoms with Gasteiger partial charge in [-0.3, -0.25) is 9.44 Å². The first kappa shape index (κ1) is 21.9. The molecule has 8 nitrogen and oxygen atoms in total. The van der Waals surface area contributed by atoms with Crippen LogP contribution in [0.4, 0.5) is 15.8 Å². The summed E-state index contributed by atoms with van der Waals surface area (Å²) in [6.07, 6.45) is 0.701. The van der Waals surface area contributed by atoms with Crippen molar-refractivity contribution in [3.05, 3.63) is 72.5 Å². The summed E-state index contributed by atoms with van der Waals surface area (Å²) in [6, 6.07) is 14.4. The van der Waals surface area contributed by atoms with Crippen LogP contribution in [-0.4, -0.2) is 30.0 Å². The molecular formula is C21H19FN2O6S2. The van der Waals surface area contributed by atoms with E-state index in [1.54, 1.807) is 6.07 Å². The summed E-state index contributed by atoms with van der Waals surface area (Å²) in [7, 11) is -7.83. The molecule has 0 aliphatic carbocycles. The van der Waals surface area contributed by atoms with Crippen molar-refractivity contribution in [1.82, 2.24) is 0 Å². The molecule has 0 radical (unpaired) electrons. The van der Waals surface area contributed by atoms with Crippen molar-refractivity contribution in [2.75, 3.05) is 22.7 Å². The molecule has 168 valence electrons. The Bertz CT molecular complexity index is 1330. The molecule has 0 spiro atoms. The van der Waals surface area contributed by atoms with Crippen LogP contribution in [0, 0.1) is 5.82 Å². The van der Waals surface area contributed by atoms with Crippen LogP contribution in [0.3, 0.4) is 0 Å². The van der Waals surface area contributed by atoms with Gasteiger partial charge < -0.3 is 9.47 Å². The lowest BCUT2D eigenvalue weighted by atomic mass is 10.3. The van der Waals surface area contributed by atoms with Crippen molar-refractivity contribution < 1.29 is 30.7 Å². The first-order valence-corrected chi connectivity index (χ1v) is 12.5. The summed E-state index contributed by atoms with van der Waals surface area (Å²) >= 11 is 0. The maximum absolute atomic E-state index is 13.0. The fourth-order valence-electron chi connectivity index (χ4n) is 2.96. The number of halogens is 1. The highest BCUT2D eigenvalue weighted by Gasteiger charge is 2.19. The molecule has 0 aromatic heterocycles. The quantitative estimate of drug-likeness (QED) is 0.560. The van der Waals surface area contributed by atoms with E-state index in [4.69, 9.17) is 9.47 Å². The summed E-state index contributed by atoms with van der Waals surface area (Å²) < 4.78 is 79.1. The minimum atomic E-state index is -3.91. The Morgan fingerprint density at radius 2 is 1.16 bits per heavy atom. The lowest BCUT2D eigenvalue weighted by molar-refractivity contribution is 0.297. The van der Waals surface area contributed by atoms with Gasteiger partial charge in [0.15, 0.2) is 11.5 Å². The van der Waals surface area contributed by atoms with E-state index in [1.165, 1.54) is 36.4 Å². The second kappa shape index (κ2) is 8.67. The Morgan fingerprint density at radius 3 is 1.75 bits per heavy atom. The SMILES string of the molecule is O=S(=O)(Nc1ccc(NS(=O)(=O)c2ccc3c(c2)OCCCO3)cc1)c1ccc(F)cc1. The van der Waals surface area contributed by atoms with E-state index in [9.17, 15) is 21.2 Å². The van der Waals surface area contributed by atoms with Gasteiger partial charge in [0.1, 0.15) is 5.82 Å². The highest BCUT2D eigenvalue weighted by atomic mass is 32.2. The van der Waals surface area contributed by atoms with Gasteiger partial charge in [-0.25, -0.2) is 21.2 Å². The van der Waals surface area contributed by atoms with E-state index in [-0.39, 0.29) is 21.2 Å². The van der Waals surface area contributed by atoms with Crippen molar-refractivity contribution in [3.63, 3.8) is 0 Å². The van der Waals surface area contributed by atoms with Crippen LogP contribution in [0.25, 0.3) is 0 Å². The molecular weight excluding hydrogens is 459 g/mol. The molecule has 3 aromatic carbocycles. The van der Waals surface area contributed by atoms with Crippen LogP contribution in [-0.2, 0) is 20.0 Å². The molecule has 0 fully saturated rings. The fraction of sp³-hybridized carbons (Fsp3) is 0.143. The number of rotatable bonds is 6. The van der Waals surface area contributed by atoms with E-state index in [0.717, 1.165) is 24.3 Å². The Morgan fingerprint density at radius 1 is 0.656 bits per heavy atom. The predicted octanol–water partition coefficient (Wildman–Crippen LogP) is 3.59. The Hall–Kier alpha value is -3.31. The van der Waals surface area contributed by atoms with Gasteiger partial charge in [-0.1, -0.05) is 0 Å². The number of fused-ring (bicyclic) bond motifs is 1. The van der Waals surface area contributed by atoms with Gasteiger partial charge in [-0.2, -0.15) is 0 Å². The number of benzene rings is 3. The molecule has 0 unspecified atom stereocenters. The standard InChI is InChI=1S/C21H19FN2O6S2/c22-15-2-8-18(9-3-15)31(25,26)23-16-4-6-17(7-5-16)24-32(27,28)19-10-11-20-21(14-19)30-13-1-12-29-20/h2-11,14,23-24H,1,12-13H2. The number of sulfonamides is 2. The van der Waals surface area contributed by atoms with Crippen molar-refractivity contribution >= 4 is 31.4 Å². The van der Waals surface area contributed by atoms with Gasteiger partial charge in [-0.15, -0.1) is 0 Å². The molecule has 0 amide bonds. The number of nitrogens with one attached hydrogen (secondary N) is 2. The monoisotopic (exact) mass is 478 g/mol. The zero-order valence-corrected chi connectivity index (χ0v) is 18.2. The molecule has 11 heteroatoms. The van der Waals surface area contributed by atoms with Gasteiger partial charge in [0.2, 0.25) is 0 Å². The summed E-state index contributed by atoms with van der Waals surface area (Å²) in [5, 5.41) is 0. The molecule has 4 rings (SSSR count). The number of ether oxygens (including phenoxy) is 2. The smallest absolute Gasteiger partial charge is 0.262 e. The largest absolute Gasteiger partial charge is 0.490 e. The topological polar surface area (TPSA) is 111 Å². The second-order valence-corrected chi connectivity index (χ2v) is 10.3. The highest BCUT2D eigenvalue weighted by molar-refractivity contribution is 7.93. The van der Waals surface area contributed by atoms with E-state index in [2.05, 4.69) is 9.44 Å². The molecule has 0 bridgehead atoms. The summed E-state index contributed by atoms with van der Waals surface area (Å²) in [5.74, 6) is 0.296. The Labute approximate surface area is 185 Å². The van der Waals surface area contributed by atoms with Crippen molar-refractivity contribution in [2.24, 2.45) is 0 Å². The van der Waals surface area contributed by atoms with E-state index < -0.39 is 25.9 Å². The molecule has 2 N–H and O–H groups in total. The van der Waals surface area contributed by atoms with Crippen molar-refractivity contribution in [1.29, 1.82) is 0 Å². The Balaban J connectivity index is 1.48. The third kappa shape index (κ3) is 4.94. The third-order valence-corrected chi connectivity index (χ3v) is 7.32. The Kier molecular flexibility index (Phi) is 5.94. The lowest BCUT2D eigenvalue weighted by Crippen LogP contribution is -2.14. The van der Waals surface area contributed by atoms with Gasteiger partial charge in [0, 0.05) is 23.9 Å². The van der Waals surface area contributed by atoms with Crippen LogP contribution in [0.5, 0.6) is 11.5 Å². The molecule has 1 heterocycles. The van der Waals surface area contributed by atoms with Crippen LogP contribution in [0.15, 0.2) is 76.5 Å². The minimum absolute atomic E-state index is 0.00263. The molecule has 1 aliphatic rings. The zero-order valence-electron chi connectivity index (χ0n) is 16.6. The van der Waals surface area contributed by atoms with Crippen molar-refractivity contribution in [2.45, 2.75) is 16.2 Å². The van der Waals surface area contributed by atoms with E-state index in [1.807, 2.05) is 0 Å². The fourth-order valence-corrected chi connectivity index (χ4v) is 5.09. The molecule has 32 heavy (non-hydrogen) atoms. The van der Waals surface area contributed by atoms with Gasteiger partial charge >= 0.3 is 0 Å². The molecule has 0 saturated heterocycles. The normalized spacial score (nSPS) is 13.8. The first-order valence-electron chi connectivity index (χ1n) is 9.54. The average Bonchev–Trinajstić information content (AvgIpc) is 3.00. The van der Waals surface area contributed by atoms with E-state index in [0.29, 0.717) is 31.1 Å². The molecule has 1 aliphatic heterocycles. The highest BCUT2D eigenvalue weighted by Crippen LogP contribution is 2.32. The van der Waals surface area contributed by atoms with Gasteiger partial charge in [0.25, 0.3) is 20.0 Å². The number of hydrogen-bond acceptors (Lipinski definition) is 6. The average molecular weight is 479 g/mol. The predicted molar refractivity (Wildman–Crippen MR) is 117 cm³/mol. The van der Waals surface area contributed by atoms with Crippen LogP contribution in [0.2, 0.25) is 0 Å². The maximum atomic E-state index is 13.0. The second-order valence-electron chi connectivity index (χ2n) is 6.90. The molecule has 3 aromatic rings.